The van der Waals surface area contributed by atoms with E-state index >= 15 is 0 Å². The maximum Gasteiger partial charge on any atom is 0.179 e. The van der Waals surface area contributed by atoms with Gasteiger partial charge in [-0.1, -0.05) is 13.0 Å². The van der Waals surface area contributed by atoms with E-state index in [0.29, 0.717) is 0 Å². The number of allylic oxidation sites excluding steroid dienone is 1. The molecule has 2 nitrogen and oxygen atoms in total. The first kappa shape index (κ1) is 7.66. The molecule has 0 aliphatic carbocycles. The molecule has 0 aromatic carbocycles. The van der Waals surface area contributed by atoms with Crippen LogP contribution in [0.25, 0.3) is 0 Å². The second kappa shape index (κ2) is 2.84. The van der Waals surface area contributed by atoms with Crippen LogP contribution in [0.3, 0.4) is 0 Å². The van der Waals surface area contributed by atoms with E-state index in [4.69, 9.17) is 10.2 Å². The zero-order valence-corrected chi connectivity index (χ0v) is 5.26. The molecule has 48 valence electrons. The minimum Gasteiger partial charge on any atom is -0.363 e. The van der Waals surface area contributed by atoms with Gasteiger partial charge in [-0.25, -0.2) is 0 Å². The van der Waals surface area contributed by atoms with Gasteiger partial charge in [-0.05, 0) is 19.4 Å². The van der Waals surface area contributed by atoms with E-state index in [-0.39, 0.29) is 0 Å². The van der Waals surface area contributed by atoms with Crippen LogP contribution in [0.1, 0.15) is 20.3 Å². The Bertz CT molecular complexity index is 79.0. The molecule has 0 saturated heterocycles. The maximum atomic E-state index is 8.62. The van der Waals surface area contributed by atoms with Gasteiger partial charge in [0.1, 0.15) is 0 Å². The summed E-state index contributed by atoms with van der Waals surface area (Å²) in [4.78, 5) is 0. The first-order valence-electron chi connectivity index (χ1n) is 2.68. The van der Waals surface area contributed by atoms with Crippen molar-refractivity contribution < 1.29 is 10.2 Å². The van der Waals surface area contributed by atoms with E-state index in [9.17, 15) is 0 Å². The van der Waals surface area contributed by atoms with Crippen molar-refractivity contribution in [2.75, 3.05) is 0 Å². The third kappa shape index (κ3) is 5.66. The first-order chi connectivity index (χ1) is 3.56. The topological polar surface area (TPSA) is 40.5 Å². The Morgan fingerprint density at radius 1 is 1.50 bits per heavy atom. The highest BCUT2D eigenvalue weighted by Gasteiger charge is 2.06. The minimum absolute atomic E-state index is 0.830. The second-order valence-corrected chi connectivity index (χ2v) is 1.90. The van der Waals surface area contributed by atoms with Crippen LogP contribution in [0, 0.1) is 0 Å². The van der Waals surface area contributed by atoms with E-state index in [0.717, 1.165) is 6.42 Å². The number of rotatable bonds is 2. The van der Waals surface area contributed by atoms with Crippen molar-refractivity contribution in [2.24, 2.45) is 0 Å². The van der Waals surface area contributed by atoms with Gasteiger partial charge in [-0.2, -0.15) is 0 Å². The Labute approximate surface area is 49.5 Å². The van der Waals surface area contributed by atoms with Crippen LogP contribution in [0.4, 0.5) is 0 Å². The number of aliphatic hydroxyl groups is 2. The van der Waals surface area contributed by atoms with Crippen molar-refractivity contribution in [1.82, 2.24) is 0 Å². The van der Waals surface area contributed by atoms with Gasteiger partial charge in [0.2, 0.25) is 0 Å². The largest absolute Gasteiger partial charge is 0.363 e. The summed E-state index contributed by atoms with van der Waals surface area (Å²) in [6.45, 7) is 3.25. The van der Waals surface area contributed by atoms with Crippen LogP contribution < -0.4 is 0 Å². The molecular formula is C6H12O2. The molecule has 0 amide bonds. The molecule has 0 aliphatic rings. The molecule has 0 radical (unpaired) electrons. The molecule has 0 fully saturated rings. The fourth-order valence-electron chi connectivity index (χ4n) is 0.341. The summed E-state index contributed by atoms with van der Waals surface area (Å²) in [7, 11) is 0. The average Bonchev–Trinajstić information content (AvgIpc) is 1.59. The summed E-state index contributed by atoms with van der Waals surface area (Å²) in [6.07, 6.45) is 3.89. The Morgan fingerprint density at radius 3 is 2.12 bits per heavy atom. The SMILES string of the molecule is CCC=CC(C)(O)O. The van der Waals surface area contributed by atoms with Gasteiger partial charge < -0.3 is 10.2 Å². The van der Waals surface area contributed by atoms with Crippen LogP contribution in [0.2, 0.25) is 0 Å². The fraction of sp³-hybridized carbons (Fsp3) is 0.667. The Kier molecular flexibility index (Phi) is 2.72. The van der Waals surface area contributed by atoms with Crippen molar-refractivity contribution in [2.45, 2.75) is 26.1 Å². The highest BCUT2D eigenvalue weighted by Crippen LogP contribution is 1.98. The lowest BCUT2D eigenvalue weighted by molar-refractivity contribution is -0.101. The van der Waals surface area contributed by atoms with Crippen LogP contribution in [0.15, 0.2) is 12.2 Å². The summed E-state index contributed by atoms with van der Waals surface area (Å²) in [5, 5.41) is 17.2. The van der Waals surface area contributed by atoms with Crippen molar-refractivity contribution >= 4 is 0 Å². The van der Waals surface area contributed by atoms with Crippen molar-refractivity contribution in [3.63, 3.8) is 0 Å². The van der Waals surface area contributed by atoms with Gasteiger partial charge in [0, 0.05) is 0 Å². The Hall–Kier alpha value is -0.340. The number of hydrogen-bond donors (Lipinski definition) is 2. The summed E-state index contributed by atoms with van der Waals surface area (Å²) < 4.78 is 0. The fourth-order valence-corrected chi connectivity index (χ4v) is 0.341. The molecule has 2 heteroatoms. The third-order valence-electron chi connectivity index (χ3n) is 0.669. The smallest absolute Gasteiger partial charge is 0.179 e. The molecule has 0 unspecified atom stereocenters. The predicted molar refractivity (Wildman–Crippen MR) is 32.3 cm³/mol. The van der Waals surface area contributed by atoms with E-state index < -0.39 is 5.79 Å². The highest BCUT2D eigenvalue weighted by molar-refractivity contribution is 4.89. The zero-order chi connectivity index (χ0) is 6.62. The van der Waals surface area contributed by atoms with Gasteiger partial charge in [0.05, 0.1) is 0 Å². The Balaban J connectivity index is 3.52. The summed E-state index contributed by atoms with van der Waals surface area (Å²) in [5.41, 5.74) is 0. The minimum atomic E-state index is -1.63. The van der Waals surface area contributed by atoms with E-state index in [1.165, 1.54) is 13.0 Å². The van der Waals surface area contributed by atoms with E-state index in [1.807, 2.05) is 6.92 Å². The molecule has 2 N–H and O–H groups in total. The van der Waals surface area contributed by atoms with Crippen molar-refractivity contribution in [1.29, 1.82) is 0 Å². The van der Waals surface area contributed by atoms with Crippen LogP contribution in [-0.4, -0.2) is 16.0 Å². The molecule has 0 heterocycles. The Morgan fingerprint density at radius 2 is 2.00 bits per heavy atom. The normalized spacial score (nSPS) is 13.0. The second-order valence-electron chi connectivity index (χ2n) is 1.90. The van der Waals surface area contributed by atoms with Gasteiger partial charge in [-0.3, -0.25) is 0 Å². The molecule has 0 atom stereocenters. The molecule has 0 saturated carbocycles. The van der Waals surface area contributed by atoms with Gasteiger partial charge in [0.15, 0.2) is 5.79 Å². The molecule has 8 heavy (non-hydrogen) atoms. The lowest BCUT2D eigenvalue weighted by atomic mass is 10.3. The van der Waals surface area contributed by atoms with Crippen LogP contribution in [0.5, 0.6) is 0 Å². The van der Waals surface area contributed by atoms with Crippen LogP contribution >= 0.6 is 0 Å². The average molecular weight is 116 g/mol. The molecule has 0 aromatic heterocycles. The maximum absolute atomic E-state index is 8.62. The molecule has 0 aliphatic heterocycles. The standard InChI is InChI=1S/C6H12O2/c1-3-4-5-6(2,7)8/h4-5,7-8H,3H2,1-2H3. The van der Waals surface area contributed by atoms with Crippen molar-refractivity contribution in [3.8, 4) is 0 Å². The lowest BCUT2D eigenvalue weighted by Gasteiger charge is -2.07. The lowest BCUT2D eigenvalue weighted by Crippen LogP contribution is -2.18. The third-order valence-corrected chi connectivity index (χ3v) is 0.669. The van der Waals surface area contributed by atoms with Crippen LogP contribution in [-0.2, 0) is 0 Å². The van der Waals surface area contributed by atoms with Gasteiger partial charge in [0.25, 0.3) is 0 Å². The summed E-state index contributed by atoms with van der Waals surface area (Å²) in [6, 6.07) is 0. The molecule has 0 bridgehead atoms. The van der Waals surface area contributed by atoms with Crippen molar-refractivity contribution in [3.05, 3.63) is 12.2 Å². The van der Waals surface area contributed by atoms with E-state index in [1.54, 1.807) is 6.08 Å². The van der Waals surface area contributed by atoms with E-state index in [2.05, 4.69) is 0 Å². The zero-order valence-electron chi connectivity index (χ0n) is 5.26. The molecule has 0 aromatic rings. The van der Waals surface area contributed by atoms with Gasteiger partial charge in [-0.15, -0.1) is 0 Å². The van der Waals surface area contributed by atoms with Gasteiger partial charge >= 0.3 is 0 Å². The quantitative estimate of drug-likeness (QED) is 0.411. The molecule has 0 rings (SSSR count). The highest BCUT2D eigenvalue weighted by atomic mass is 16.5. The summed E-state index contributed by atoms with van der Waals surface area (Å²) in [5.74, 6) is -1.63. The first-order valence-corrected chi connectivity index (χ1v) is 2.68. The molecular weight excluding hydrogens is 104 g/mol. The summed E-state index contributed by atoms with van der Waals surface area (Å²) >= 11 is 0. The molecule has 0 spiro atoms. The monoisotopic (exact) mass is 116 g/mol. The predicted octanol–water partition coefficient (Wildman–Crippen LogP) is 0.653. The number of hydrogen-bond acceptors (Lipinski definition) is 2.